The van der Waals surface area contributed by atoms with Gasteiger partial charge in [0.05, 0.1) is 6.61 Å². The molecule has 1 saturated heterocycles. The molecule has 2 rings (SSSR count). The quantitative estimate of drug-likeness (QED) is 0.222. The second kappa shape index (κ2) is 14.8. The number of nitrogens with one attached hydrogen (secondary N) is 1. The van der Waals surface area contributed by atoms with Crippen molar-refractivity contribution >= 4 is 29.9 Å². The summed E-state index contributed by atoms with van der Waals surface area (Å²) in [6.45, 7) is 7.19. The maximum atomic E-state index is 12.9. The van der Waals surface area contributed by atoms with Crippen LogP contribution >= 0.6 is 24.0 Å². The van der Waals surface area contributed by atoms with E-state index in [0.29, 0.717) is 12.4 Å². The van der Waals surface area contributed by atoms with Gasteiger partial charge in [-0.15, -0.1) is 24.0 Å². The first kappa shape index (κ1) is 24.9. The van der Waals surface area contributed by atoms with Crippen LogP contribution in [0.15, 0.2) is 29.3 Å². The number of halogens is 2. The zero-order chi connectivity index (χ0) is 19.3. The maximum Gasteiger partial charge on any atom is 0.193 e. The molecule has 1 fully saturated rings. The molecule has 1 N–H and O–H groups in total. The summed E-state index contributed by atoms with van der Waals surface area (Å²) in [6.07, 6.45) is 5.43. The summed E-state index contributed by atoms with van der Waals surface area (Å²) in [5.74, 6) is 2.21. The van der Waals surface area contributed by atoms with Crippen molar-refractivity contribution in [3.63, 3.8) is 0 Å². The highest BCUT2D eigenvalue weighted by molar-refractivity contribution is 14.0. The fourth-order valence-electron chi connectivity index (χ4n) is 3.11. The Bertz CT molecular complexity index is 551. The van der Waals surface area contributed by atoms with Gasteiger partial charge in [-0.3, -0.25) is 4.99 Å². The molecule has 160 valence electrons. The lowest BCUT2D eigenvalue weighted by molar-refractivity contribution is 0.0625. The third kappa shape index (κ3) is 9.91. The largest absolute Gasteiger partial charge is 0.494 e. The van der Waals surface area contributed by atoms with E-state index < -0.39 is 0 Å². The lowest BCUT2D eigenvalue weighted by Crippen LogP contribution is -2.40. The molecule has 0 bridgehead atoms. The Morgan fingerprint density at radius 1 is 1.25 bits per heavy atom. The van der Waals surface area contributed by atoms with E-state index in [1.165, 1.54) is 31.4 Å². The van der Waals surface area contributed by atoms with Gasteiger partial charge >= 0.3 is 0 Å². The van der Waals surface area contributed by atoms with Gasteiger partial charge in [0.25, 0.3) is 0 Å². The highest BCUT2D eigenvalue weighted by Crippen LogP contribution is 2.18. The summed E-state index contributed by atoms with van der Waals surface area (Å²) >= 11 is 0. The van der Waals surface area contributed by atoms with Gasteiger partial charge in [-0.05, 0) is 69.2 Å². The molecule has 0 aromatic heterocycles. The van der Waals surface area contributed by atoms with E-state index in [0.717, 1.165) is 57.6 Å². The Labute approximate surface area is 186 Å². The van der Waals surface area contributed by atoms with Crippen LogP contribution < -0.4 is 10.1 Å². The van der Waals surface area contributed by atoms with E-state index in [-0.39, 0.29) is 29.8 Å². The van der Waals surface area contributed by atoms with E-state index in [1.807, 2.05) is 0 Å². The molecule has 0 saturated carbocycles. The number of hydrogen-bond donors (Lipinski definition) is 1. The summed E-state index contributed by atoms with van der Waals surface area (Å²) < 4.78 is 23.9. The predicted molar refractivity (Wildman–Crippen MR) is 123 cm³/mol. The second-order valence-electron chi connectivity index (χ2n) is 7.01. The molecule has 0 amide bonds. The zero-order valence-electron chi connectivity index (χ0n) is 17.2. The van der Waals surface area contributed by atoms with Crippen LogP contribution in [0.5, 0.6) is 5.75 Å². The number of ether oxygens (including phenoxy) is 2. The van der Waals surface area contributed by atoms with Crippen LogP contribution in [-0.4, -0.2) is 57.4 Å². The molecule has 1 aliphatic rings. The summed E-state index contributed by atoms with van der Waals surface area (Å²) in [7, 11) is 2.11. The lowest BCUT2D eigenvalue weighted by atomic mass is 9.96. The zero-order valence-corrected chi connectivity index (χ0v) is 19.5. The molecule has 0 radical (unpaired) electrons. The molecule has 0 atom stereocenters. The Balaban J connectivity index is 0.00000392. The van der Waals surface area contributed by atoms with Crippen LogP contribution in [0.3, 0.4) is 0 Å². The number of benzene rings is 1. The van der Waals surface area contributed by atoms with Crippen molar-refractivity contribution in [2.75, 3.05) is 46.5 Å². The lowest BCUT2D eigenvalue weighted by Gasteiger charge is -2.26. The molecule has 7 heteroatoms. The third-order valence-corrected chi connectivity index (χ3v) is 4.81. The Morgan fingerprint density at radius 3 is 2.64 bits per heavy atom. The first-order valence-corrected chi connectivity index (χ1v) is 10.1. The number of nitrogens with zero attached hydrogens (tertiary/aromatic N) is 2. The molecule has 0 aliphatic carbocycles. The monoisotopic (exact) mass is 507 g/mol. The van der Waals surface area contributed by atoms with Gasteiger partial charge in [-0.2, -0.15) is 0 Å². The van der Waals surface area contributed by atoms with E-state index in [4.69, 9.17) is 14.5 Å². The molecular formula is C21H35FIN3O2. The first-order valence-electron chi connectivity index (χ1n) is 10.1. The van der Waals surface area contributed by atoms with Crippen molar-refractivity contribution in [2.24, 2.45) is 10.9 Å². The molecule has 0 spiro atoms. The van der Waals surface area contributed by atoms with Gasteiger partial charge < -0.3 is 19.7 Å². The average molecular weight is 507 g/mol. The smallest absolute Gasteiger partial charge is 0.193 e. The van der Waals surface area contributed by atoms with Gasteiger partial charge in [0.15, 0.2) is 5.96 Å². The number of unbranched alkanes of at least 4 members (excludes halogenated alkanes) is 1. The summed E-state index contributed by atoms with van der Waals surface area (Å²) in [6, 6.07) is 6.14. The van der Waals surface area contributed by atoms with E-state index >= 15 is 0 Å². The minimum atomic E-state index is -0.242. The molecule has 1 aromatic carbocycles. The molecule has 1 aromatic rings. The number of aliphatic imine (C=N–C) groups is 1. The highest BCUT2D eigenvalue weighted by atomic mass is 127. The maximum absolute atomic E-state index is 12.9. The van der Waals surface area contributed by atoms with Crippen molar-refractivity contribution in [2.45, 2.75) is 39.0 Å². The van der Waals surface area contributed by atoms with Crippen LogP contribution in [0.25, 0.3) is 0 Å². The van der Waals surface area contributed by atoms with Crippen molar-refractivity contribution < 1.29 is 13.9 Å². The van der Waals surface area contributed by atoms with Gasteiger partial charge in [0, 0.05) is 39.9 Å². The van der Waals surface area contributed by atoms with Crippen LogP contribution in [0.2, 0.25) is 0 Å². The van der Waals surface area contributed by atoms with Crippen LogP contribution in [0.4, 0.5) is 4.39 Å². The van der Waals surface area contributed by atoms with E-state index in [1.54, 1.807) is 12.1 Å². The van der Waals surface area contributed by atoms with Crippen molar-refractivity contribution in [3.8, 4) is 5.75 Å². The summed E-state index contributed by atoms with van der Waals surface area (Å²) in [4.78, 5) is 6.97. The minimum absolute atomic E-state index is 0. The van der Waals surface area contributed by atoms with Crippen molar-refractivity contribution in [1.29, 1.82) is 0 Å². The second-order valence-corrected chi connectivity index (χ2v) is 7.01. The minimum Gasteiger partial charge on any atom is -0.494 e. The normalized spacial score (nSPS) is 15.0. The van der Waals surface area contributed by atoms with Gasteiger partial charge in [-0.25, -0.2) is 4.39 Å². The summed E-state index contributed by atoms with van der Waals surface area (Å²) in [5.41, 5.74) is 0. The molecule has 1 aliphatic heterocycles. The van der Waals surface area contributed by atoms with E-state index in [9.17, 15) is 4.39 Å². The SMILES string of the molecule is CCNC(=NCCCCOc1ccc(F)cc1)N(C)CCC1CCOCC1.I. The molecular weight excluding hydrogens is 472 g/mol. The third-order valence-electron chi connectivity index (χ3n) is 4.81. The fourth-order valence-corrected chi connectivity index (χ4v) is 3.11. The first-order chi connectivity index (χ1) is 13.2. The molecule has 0 unspecified atom stereocenters. The number of hydrogen-bond acceptors (Lipinski definition) is 3. The Kier molecular flexibility index (Phi) is 13.2. The predicted octanol–water partition coefficient (Wildman–Crippen LogP) is 4.32. The van der Waals surface area contributed by atoms with Crippen LogP contribution in [0.1, 0.15) is 39.0 Å². The fraction of sp³-hybridized carbons (Fsp3) is 0.667. The average Bonchev–Trinajstić information content (AvgIpc) is 2.70. The Morgan fingerprint density at radius 2 is 1.96 bits per heavy atom. The van der Waals surface area contributed by atoms with Crippen LogP contribution in [0, 0.1) is 11.7 Å². The molecule has 1 heterocycles. The van der Waals surface area contributed by atoms with Gasteiger partial charge in [0.2, 0.25) is 0 Å². The molecule has 28 heavy (non-hydrogen) atoms. The van der Waals surface area contributed by atoms with Gasteiger partial charge in [0.1, 0.15) is 11.6 Å². The van der Waals surface area contributed by atoms with Gasteiger partial charge in [-0.1, -0.05) is 0 Å². The molecule has 5 nitrogen and oxygen atoms in total. The van der Waals surface area contributed by atoms with Crippen molar-refractivity contribution in [3.05, 3.63) is 30.1 Å². The Hall–Kier alpha value is -1.09. The highest BCUT2D eigenvalue weighted by Gasteiger charge is 2.15. The van der Waals surface area contributed by atoms with Crippen LogP contribution in [-0.2, 0) is 4.74 Å². The van der Waals surface area contributed by atoms with E-state index in [2.05, 4.69) is 24.2 Å². The summed E-state index contributed by atoms with van der Waals surface area (Å²) in [5, 5.41) is 3.38. The van der Waals surface area contributed by atoms with Crippen molar-refractivity contribution in [1.82, 2.24) is 10.2 Å². The standard InChI is InChI=1S/C21H34FN3O2.HI/c1-3-23-21(25(2)14-10-18-11-16-26-17-12-18)24-13-4-5-15-27-20-8-6-19(22)7-9-20;/h6-9,18H,3-5,10-17H2,1-2H3,(H,23,24);1H. The topological polar surface area (TPSA) is 46.1 Å². The number of guanidine groups is 1. The number of rotatable bonds is 10.